The summed E-state index contributed by atoms with van der Waals surface area (Å²) in [4.78, 5) is 17.2. The number of amides is 1. The molecule has 0 spiro atoms. The maximum absolute atomic E-state index is 12.7. The number of rotatable bonds is 3. The summed E-state index contributed by atoms with van der Waals surface area (Å²) in [5, 5.41) is 4.19. The third-order valence-corrected chi connectivity index (χ3v) is 5.32. The molecule has 0 aliphatic heterocycles. The molecule has 1 N–H and O–H groups in total. The summed E-state index contributed by atoms with van der Waals surface area (Å²) < 4.78 is 5.82. The van der Waals surface area contributed by atoms with Crippen molar-refractivity contribution in [1.82, 2.24) is 4.98 Å². The number of benzene rings is 3. The molecule has 7 heteroatoms. The van der Waals surface area contributed by atoms with E-state index in [4.69, 9.17) is 39.2 Å². The molecule has 0 unspecified atom stereocenters. The van der Waals surface area contributed by atoms with E-state index in [1.807, 2.05) is 32.0 Å². The minimum absolute atomic E-state index is 0.289. The van der Waals surface area contributed by atoms with Gasteiger partial charge in [-0.05, 0) is 61.4 Å². The summed E-state index contributed by atoms with van der Waals surface area (Å²) in [5.74, 6) is 0.0932. The lowest BCUT2D eigenvalue weighted by Crippen LogP contribution is -2.13. The van der Waals surface area contributed by atoms with Gasteiger partial charge in [-0.15, -0.1) is 0 Å². The van der Waals surface area contributed by atoms with Crippen molar-refractivity contribution in [3.63, 3.8) is 0 Å². The van der Waals surface area contributed by atoms with E-state index in [0.717, 1.165) is 11.1 Å². The largest absolute Gasteiger partial charge is 0.435 e. The number of halogens is 3. The highest BCUT2D eigenvalue weighted by Gasteiger charge is 2.16. The number of fused-ring (bicyclic) bond motifs is 1. The molecule has 1 heterocycles. The molecular formula is C22H15Cl3N2O2. The third-order valence-electron chi connectivity index (χ3n) is 4.51. The van der Waals surface area contributed by atoms with Crippen LogP contribution >= 0.6 is 34.8 Å². The molecule has 0 radical (unpaired) electrons. The Labute approximate surface area is 182 Å². The zero-order chi connectivity index (χ0) is 20.7. The van der Waals surface area contributed by atoms with E-state index in [1.165, 1.54) is 0 Å². The van der Waals surface area contributed by atoms with Gasteiger partial charge in [-0.3, -0.25) is 4.79 Å². The van der Waals surface area contributed by atoms with Gasteiger partial charge < -0.3 is 9.73 Å². The average molecular weight is 446 g/mol. The first-order valence-corrected chi connectivity index (χ1v) is 9.89. The van der Waals surface area contributed by atoms with Gasteiger partial charge >= 0.3 is 0 Å². The molecule has 0 aliphatic rings. The summed E-state index contributed by atoms with van der Waals surface area (Å²) >= 11 is 18.5. The molecule has 0 atom stereocenters. The molecule has 0 saturated carbocycles. The summed E-state index contributed by atoms with van der Waals surface area (Å²) in [6.07, 6.45) is 0. The summed E-state index contributed by atoms with van der Waals surface area (Å²) in [5.41, 5.74) is 4.64. The molecule has 0 bridgehead atoms. The molecule has 0 saturated heterocycles. The highest BCUT2D eigenvalue weighted by Crippen LogP contribution is 2.33. The van der Waals surface area contributed by atoms with E-state index < -0.39 is 0 Å². The molecule has 0 aliphatic carbocycles. The maximum atomic E-state index is 12.7. The molecule has 146 valence electrons. The summed E-state index contributed by atoms with van der Waals surface area (Å²) in [7, 11) is 0. The van der Waals surface area contributed by atoms with Crippen LogP contribution in [0.5, 0.6) is 0 Å². The second-order valence-electron chi connectivity index (χ2n) is 6.72. The lowest BCUT2D eigenvalue weighted by molar-refractivity contribution is 0.102. The topological polar surface area (TPSA) is 55.1 Å². The molecule has 0 fully saturated rings. The Morgan fingerprint density at radius 2 is 1.76 bits per heavy atom. The van der Waals surface area contributed by atoms with Crippen molar-refractivity contribution in [1.29, 1.82) is 0 Å². The Balaban J connectivity index is 1.69. The zero-order valence-electron chi connectivity index (χ0n) is 15.5. The number of oxazole rings is 1. The Hall–Kier alpha value is -2.53. The minimum Gasteiger partial charge on any atom is -0.435 e. The standard InChI is InChI=1S/C22H15Cl3N2O2/c1-11-3-6-15(16(24)7-11)21(28)26-18-8-13(5-4-12(18)2)22-27-19-10-14(23)9-17(25)20(19)29-22/h3-10H,1-2H3,(H,26,28). The predicted molar refractivity (Wildman–Crippen MR) is 118 cm³/mol. The van der Waals surface area contributed by atoms with Crippen molar-refractivity contribution in [2.45, 2.75) is 13.8 Å². The highest BCUT2D eigenvalue weighted by molar-refractivity contribution is 6.38. The van der Waals surface area contributed by atoms with E-state index >= 15 is 0 Å². The van der Waals surface area contributed by atoms with Crippen molar-refractivity contribution < 1.29 is 9.21 Å². The number of carbonyl (C=O) groups is 1. The van der Waals surface area contributed by atoms with Gasteiger partial charge in [0.15, 0.2) is 5.58 Å². The SMILES string of the molecule is Cc1ccc(C(=O)Nc2cc(-c3nc4cc(Cl)cc(Cl)c4o3)ccc2C)c(Cl)c1. The Morgan fingerprint density at radius 3 is 2.52 bits per heavy atom. The first-order chi connectivity index (χ1) is 13.8. The van der Waals surface area contributed by atoms with Crippen LogP contribution in [0.2, 0.25) is 15.1 Å². The van der Waals surface area contributed by atoms with E-state index in [0.29, 0.717) is 48.9 Å². The highest BCUT2D eigenvalue weighted by atomic mass is 35.5. The molecule has 1 aromatic heterocycles. The van der Waals surface area contributed by atoms with Crippen molar-refractivity contribution in [2.24, 2.45) is 0 Å². The average Bonchev–Trinajstić information content (AvgIpc) is 3.07. The van der Waals surface area contributed by atoms with Crippen LogP contribution in [0.3, 0.4) is 0 Å². The number of aryl methyl sites for hydroxylation is 2. The monoisotopic (exact) mass is 444 g/mol. The van der Waals surface area contributed by atoms with Crippen LogP contribution in [0.25, 0.3) is 22.6 Å². The number of hydrogen-bond donors (Lipinski definition) is 1. The van der Waals surface area contributed by atoms with Gasteiger partial charge in [0.25, 0.3) is 5.91 Å². The second kappa shape index (κ2) is 7.71. The Bertz CT molecular complexity index is 1260. The minimum atomic E-state index is -0.289. The van der Waals surface area contributed by atoms with Crippen molar-refractivity contribution >= 4 is 57.5 Å². The van der Waals surface area contributed by atoms with Crippen molar-refractivity contribution in [2.75, 3.05) is 5.32 Å². The van der Waals surface area contributed by atoms with Crippen LogP contribution in [-0.4, -0.2) is 10.9 Å². The van der Waals surface area contributed by atoms with E-state index in [2.05, 4.69) is 10.3 Å². The fraction of sp³-hybridized carbons (Fsp3) is 0.0909. The van der Waals surface area contributed by atoms with Gasteiger partial charge in [0.2, 0.25) is 5.89 Å². The van der Waals surface area contributed by atoms with Crippen LogP contribution in [0.1, 0.15) is 21.5 Å². The predicted octanol–water partition coefficient (Wildman–Crippen LogP) is 7.32. The fourth-order valence-corrected chi connectivity index (χ4v) is 3.81. The van der Waals surface area contributed by atoms with Gasteiger partial charge in [0, 0.05) is 16.3 Å². The molecule has 1 amide bonds. The smallest absolute Gasteiger partial charge is 0.257 e. The lowest BCUT2D eigenvalue weighted by Gasteiger charge is -2.11. The van der Waals surface area contributed by atoms with E-state index in [-0.39, 0.29) is 5.91 Å². The number of nitrogens with one attached hydrogen (secondary N) is 1. The van der Waals surface area contributed by atoms with Gasteiger partial charge in [-0.2, -0.15) is 0 Å². The van der Waals surface area contributed by atoms with Gasteiger partial charge in [-0.1, -0.05) is 46.9 Å². The van der Waals surface area contributed by atoms with Crippen molar-refractivity contribution in [3.8, 4) is 11.5 Å². The zero-order valence-corrected chi connectivity index (χ0v) is 17.8. The number of nitrogens with zero attached hydrogens (tertiary/aromatic N) is 1. The molecule has 3 aromatic carbocycles. The molecule has 4 rings (SSSR count). The van der Waals surface area contributed by atoms with Crippen LogP contribution in [0.4, 0.5) is 5.69 Å². The van der Waals surface area contributed by atoms with Crippen LogP contribution < -0.4 is 5.32 Å². The maximum Gasteiger partial charge on any atom is 0.257 e. The van der Waals surface area contributed by atoms with Gasteiger partial charge in [0.05, 0.1) is 15.6 Å². The quantitative estimate of drug-likeness (QED) is 0.359. The second-order valence-corrected chi connectivity index (χ2v) is 7.97. The first kappa shape index (κ1) is 19.8. The van der Waals surface area contributed by atoms with Crippen LogP contribution in [0.15, 0.2) is 52.9 Å². The van der Waals surface area contributed by atoms with Crippen molar-refractivity contribution in [3.05, 3.63) is 80.3 Å². The molecule has 4 aromatic rings. The number of aromatic nitrogens is 1. The number of anilines is 1. The summed E-state index contributed by atoms with van der Waals surface area (Å²) in [6.45, 7) is 3.82. The third kappa shape index (κ3) is 3.97. The van der Waals surface area contributed by atoms with E-state index in [1.54, 1.807) is 30.3 Å². The number of carbonyl (C=O) groups excluding carboxylic acids is 1. The Morgan fingerprint density at radius 1 is 0.966 bits per heavy atom. The van der Waals surface area contributed by atoms with Gasteiger partial charge in [-0.25, -0.2) is 4.98 Å². The molecule has 4 nitrogen and oxygen atoms in total. The summed E-state index contributed by atoms with van der Waals surface area (Å²) in [6, 6.07) is 14.1. The normalized spacial score (nSPS) is 11.1. The van der Waals surface area contributed by atoms with Crippen LogP contribution in [0, 0.1) is 13.8 Å². The van der Waals surface area contributed by atoms with Gasteiger partial charge in [0.1, 0.15) is 5.52 Å². The first-order valence-electron chi connectivity index (χ1n) is 8.76. The fourth-order valence-electron chi connectivity index (χ4n) is 2.97. The number of hydrogen-bond acceptors (Lipinski definition) is 3. The van der Waals surface area contributed by atoms with Crippen LogP contribution in [-0.2, 0) is 0 Å². The van der Waals surface area contributed by atoms with E-state index in [9.17, 15) is 4.79 Å². The molecule has 29 heavy (non-hydrogen) atoms. The Kier molecular flexibility index (Phi) is 5.26. The molecular weight excluding hydrogens is 431 g/mol. The lowest BCUT2D eigenvalue weighted by atomic mass is 10.1.